The zero-order valence-electron chi connectivity index (χ0n) is 11.7. The number of hydrogen-bond donors (Lipinski definition) is 1. The van der Waals surface area contributed by atoms with E-state index in [1.165, 1.54) is 43.2 Å². The summed E-state index contributed by atoms with van der Waals surface area (Å²) in [4.78, 5) is 10.9. The van der Waals surface area contributed by atoms with Crippen molar-refractivity contribution in [2.24, 2.45) is 0 Å². The van der Waals surface area contributed by atoms with Gasteiger partial charge in [-0.2, -0.15) is 0 Å². The molecule has 19 heavy (non-hydrogen) atoms. The molecule has 3 nitrogen and oxygen atoms in total. The van der Waals surface area contributed by atoms with Crippen LogP contribution in [0.5, 0.6) is 5.75 Å². The molecule has 1 aromatic carbocycles. The van der Waals surface area contributed by atoms with Crippen LogP contribution in [0.15, 0.2) is 12.1 Å². The van der Waals surface area contributed by atoms with Crippen molar-refractivity contribution in [1.29, 1.82) is 0 Å². The minimum Gasteiger partial charge on any atom is -0.496 e. The highest BCUT2D eigenvalue weighted by atomic mass is 16.5. The van der Waals surface area contributed by atoms with Crippen LogP contribution in [0, 0.1) is 6.92 Å². The molecule has 0 aliphatic heterocycles. The SMILES string of the molecule is COc1cc(C2CCCCC2)c(C)cc1CC(=O)O. The smallest absolute Gasteiger partial charge is 0.307 e. The summed E-state index contributed by atoms with van der Waals surface area (Å²) in [7, 11) is 1.61. The average Bonchev–Trinajstić information content (AvgIpc) is 2.39. The first kappa shape index (κ1) is 13.9. The Morgan fingerprint density at radius 2 is 2.00 bits per heavy atom. The lowest BCUT2D eigenvalue weighted by atomic mass is 9.81. The fourth-order valence-corrected chi connectivity index (χ4v) is 3.11. The maximum atomic E-state index is 10.9. The molecule has 0 amide bonds. The highest BCUT2D eigenvalue weighted by Crippen LogP contribution is 2.37. The summed E-state index contributed by atoms with van der Waals surface area (Å²) in [6.07, 6.45) is 6.43. The lowest BCUT2D eigenvalue weighted by molar-refractivity contribution is -0.136. The van der Waals surface area contributed by atoms with E-state index < -0.39 is 5.97 Å². The van der Waals surface area contributed by atoms with Crippen molar-refractivity contribution < 1.29 is 14.6 Å². The van der Waals surface area contributed by atoms with E-state index in [2.05, 4.69) is 13.0 Å². The Morgan fingerprint density at radius 3 is 2.58 bits per heavy atom. The van der Waals surface area contributed by atoms with E-state index >= 15 is 0 Å². The third kappa shape index (κ3) is 3.28. The van der Waals surface area contributed by atoms with Crippen LogP contribution < -0.4 is 4.74 Å². The van der Waals surface area contributed by atoms with E-state index in [1.54, 1.807) is 7.11 Å². The Hall–Kier alpha value is -1.51. The third-order valence-corrected chi connectivity index (χ3v) is 4.06. The summed E-state index contributed by atoms with van der Waals surface area (Å²) in [6, 6.07) is 4.04. The Bertz CT molecular complexity index is 459. The summed E-state index contributed by atoms with van der Waals surface area (Å²) in [5.41, 5.74) is 3.31. The zero-order valence-corrected chi connectivity index (χ0v) is 11.7. The fourth-order valence-electron chi connectivity index (χ4n) is 3.11. The maximum Gasteiger partial charge on any atom is 0.307 e. The van der Waals surface area contributed by atoms with Crippen LogP contribution >= 0.6 is 0 Å². The molecule has 0 atom stereocenters. The molecule has 104 valence electrons. The van der Waals surface area contributed by atoms with Gasteiger partial charge < -0.3 is 9.84 Å². The molecule has 1 fully saturated rings. The van der Waals surface area contributed by atoms with Crippen molar-refractivity contribution in [2.75, 3.05) is 7.11 Å². The number of carboxylic acids is 1. The molecule has 3 heteroatoms. The van der Waals surface area contributed by atoms with E-state index in [-0.39, 0.29) is 6.42 Å². The van der Waals surface area contributed by atoms with Gasteiger partial charge in [-0.05, 0) is 42.9 Å². The van der Waals surface area contributed by atoms with Gasteiger partial charge in [0.05, 0.1) is 13.5 Å². The highest BCUT2D eigenvalue weighted by molar-refractivity contribution is 5.71. The van der Waals surface area contributed by atoms with Gasteiger partial charge in [-0.1, -0.05) is 25.3 Å². The number of hydrogen-bond acceptors (Lipinski definition) is 2. The summed E-state index contributed by atoms with van der Waals surface area (Å²) in [5, 5.41) is 8.94. The van der Waals surface area contributed by atoms with E-state index in [1.807, 2.05) is 6.07 Å². The molecule has 0 unspecified atom stereocenters. The standard InChI is InChI=1S/C16H22O3/c1-11-8-13(9-16(17)18)15(19-2)10-14(11)12-6-4-3-5-7-12/h8,10,12H,3-7,9H2,1-2H3,(H,17,18). The van der Waals surface area contributed by atoms with Gasteiger partial charge in [0.1, 0.15) is 5.75 Å². The number of aryl methyl sites for hydroxylation is 1. The van der Waals surface area contributed by atoms with Gasteiger partial charge in [0.2, 0.25) is 0 Å². The minimum absolute atomic E-state index is 0.0228. The number of aliphatic carboxylic acids is 1. The number of ether oxygens (including phenoxy) is 1. The second kappa shape index (κ2) is 6.09. The molecule has 1 aliphatic carbocycles. The monoisotopic (exact) mass is 262 g/mol. The summed E-state index contributed by atoms with van der Waals surface area (Å²) in [5.74, 6) is 0.512. The van der Waals surface area contributed by atoms with Gasteiger partial charge in [0.25, 0.3) is 0 Å². The number of benzene rings is 1. The molecule has 1 aliphatic rings. The Balaban J connectivity index is 2.32. The van der Waals surface area contributed by atoms with Crippen molar-refractivity contribution in [1.82, 2.24) is 0 Å². The van der Waals surface area contributed by atoms with E-state index in [0.29, 0.717) is 11.7 Å². The molecule has 0 spiro atoms. The highest BCUT2D eigenvalue weighted by Gasteiger charge is 2.20. The van der Waals surface area contributed by atoms with Crippen molar-refractivity contribution >= 4 is 5.97 Å². The van der Waals surface area contributed by atoms with E-state index in [4.69, 9.17) is 9.84 Å². The second-order valence-electron chi connectivity index (χ2n) is 5.43. The average molecular weight is 262 g/mol. The number of rotatable bonds is 4. The lowest BCUT2D eigenvalue weighted by Gasteiger charge is -2.24. The van der Waals surface area contributed by atoms with Crippen LogP contribution in [-0.4, -0.2) is 18.2 Å². The molecular weight excluding hydrogens is 240 g/mol. The van der Waals surface area contributed by atoms with Crippen molar-refractivity contribution in [3.63, 3.8) is 0 Å². The molecule has 0 heterocycles. The van der Waals surface area contributed by atoms with Gasteiger partial charge in [-0.3, -0.25) is 4.79 Å². The Morgan fingerprint density at radius 1 is 1.32 bits per heavy atom. The quantitative estimate of drug-likeness (QED) is 0.900. The van der Waals surface area contributed by atoms with Gasteiger partial charge in [-0.15, -0.1) is 0 Å². The van der Waals surface area contributed by atoms with Crippen molar-refractivity contribution in [3.05, 3.63) is 28.8 Å². The van der Waals surface area contributed by atoms with Crippen molar-refractivity contribution in [2.45, 2.75) is 51.4 Å². The van der Waals surface area contributed by atoms with Crippen LogP contribution in [0.2, 0.25) is 0 Å². The molecular formula is C16H22O3. The summed E-state index contributed by atoms with van der Waals surface area (Å²) in [6.45, 7) is 2.08. The first-order valence-electron chi connectivity index (χ1n) is 7.01. The van der Waals surface area contributed by atoms with Crippen LogP contribution in [0.1, 0.15) is 54.7 Å². The largest absolute Gasteiger partial charge is 0.496 e. The summed E-state index contributed by atoms with van der Waals surface area (Å²) >= 11 is 0. The number of carbonyl (C=O) groups is 1. The van der Waals surface area contributed by atoms with Gasteiger partial charge >= 0.3 is 5.97 Å². The van der Waals surface area contributed by atoms with Gasteiger partial charge in [0.15, 0.2) is 0 Å². The number of carboxylic acid groups (broad SMARTS) is 1. The maximum absolute atomic E-state index is 10.9. The van der Waals surface area contributed by atoms with Crippen LogP contribution in [0.25, 0.3) is 0 Å². The normalized spacial score (nSPS) is 16.3. The molecule has 1 saturated carbocycles. The van der Waals surface area contributed by atoms with Crippen LogP contribution in [0.3, 0.4) is 0 Å². The van der Waals surface area contributed by atoms with Crippen LogP contribution in [0.4, 0.5) is 0 Å². The third-order valence-electron chi connectivity index (χ3n) is 4.06. The minimum atomic E-state index is -0.817. The Kier molecular flexibility index (Phi) is 4.46. The zero-order chi connectivity index (χ0) is 13.8. The molecule has 1 aromatic rings. The lowest BCUT2D eigenvalue weighted by Crippen LogP contribution is -2.09. The fraction of sp³-hybridized carbons (Fsp3) is 0.562. The Labute approximate surface area is 114 Å². The second-order valence-corrected chi connectivity index (χ2v) is 5.43. The molecule has 0 saturated heterocycles. The number of methoxy groups -OCH3 is 1. The molecule has 0 aromatic heterocycles. The first-order valence-corrected chi connectivity index (χ1v) is 7.01. The first-order chi connectivity index (χ1) is 9.11. The molecule has 2 rings (SSSR count). The topological polar surface area (TPSA) is 46.5 Å². The predicted octanol–water partition coefficient (Wildman–Crippen LogP) is 3.68. The molecule has 1 N–H and O–H groups in total. The van der Waals surface area contributed by atoms with E-state index in [0.717, 1.165) is 5.56 Å². The van der Waals surface area contributed by atoms with Gasteiger partial charge in [0, 0.05) is 5.56 Å². The van der Waals surface area contributed by atoms with Gasteiger partial charge in [-0.25, -0.2) is 0 Å². The predicted molar refractivity (Wildman–Crippen MR) is 74.9 cm³/mol. The van der Waals surface area contributed by atoms with Crippen molar-refractivity contribution in [3.8, 4) is 5.75 Å². The molecule has 0 radical (unpaired) electrons. The van der Waals surface area contributed by atoms with E-state index in [9.17, 15) is 4.79 Å². The molecule has 0 bridgehead atoms. The van der Waals surface area contributed by atoms with Crippen LogP contribution in [-0.2, 0) is 11.2 Å². The summed E-state index contributed by atoms with van der Waals surface area (Å²) < 4.78 is 5.37.